The van der Waals surface area contributed by atoms with E-state index in [1.807, 2.05) is 37.3 Å². The zero-order chi connectivity index (χ0) is 19.9. The second kappa shape index (κ2) is 10.4. The van der Waals surface area contributed by atoms with Crippen molar-refractivity contribution in [1.82, 2.24) is 10.2 Å². The van der Waals surface area contributed by atoms with E-state index in [4.69, 9.17) is 4.74 Å². The zero-order valence-electron chi connectivity index (χ0n) is 15.7. The summed E-state index contributed by atoms with van der Waals surface area (Å²) >= 11 is 4.94. The number of rotatable bonds is 7. The van der Waals surface area contributed by atoms with E-state index in [-0.39, 0.29) is 23.0 Å². The first kappa shape index (κ1) is 21.3. The zero-order valence-corrected chi connectivity index (χ0v) is 18.1. The molecular formula is C21H24BrFN2O2S. The normalized spacial score (nSPS) is 17.1. The number of halogens is 2. The summed E-state index contributed by atoms with van der Waals surface area (Å²) in [5, 5.41) is 2.83. The number of carbonyl (C=O) groups is 1. The highest BCUT2D eigenvalue weighted by atomic mass is 79.9. The Kier molecular flexibility index (Phi) is 7.91. The van der Waals surface area contributed by atoms with Crippen molar-refractivity contribution >= 4 is 33.6 Å². The molecule has 2 aromatic carbocycles. The maximum Gasteiger partial charge on any atom is 0.233 e. The van der Waals surface area contributed by atoms with Crippen LogP contribution in [0.2, 0.25) is 0 Å². The molecule has 4 nitrogen and oxygen atoms in total. The van der Waals surface area contributed by atoms with E-state index in [0.717, 1.165) is 28.0 Å². The van der Waals surface area contributed by atoms with Crippen molar-refractivity contribution in [3.63, 3.8) is 0 Å². The minimum Gasteiger partial charge on any atom is -0.379 e. The van der Waals surface area contributed by atoms with Gasteiger partial charge in [-0.05, 0) is 48.9 Å². The molecule has 0 aliphatic carbocycles. The van der Waals surface area contributed by atoms with E-state index in [1.54, 1.807) is 12.1 Å². The van der Waals surface area contributed by atoms with Gasteiger partial charge in [-0.25, -0.2) is 4.39 Å². The van der Waals surface area contributed by atoms with Crippen molar-refractivity contribution in [2.24, 2.45) is 0 Å². The molecule has 2 atom stereocenters. The number of hydrogen-bond acceptors (Lipinski definition) is 4. The van der Waals surface area contributed by atoms with Gasteiger partial charge >= 0.3 is 0 Å². The molecule has 7 heteroatoms. The first-order valence-electron chi connectivity index (χ1n) is 9.30. The van der Waals surface area contributed by atoms with Crippen LogP contribution in [0.1, 0.15) is 18.5 Å². The third-order valence-corrected chi connectivity index (χ3v) is 6.33. The fraction of sp³-hybridized carbons (Fsp3) is 0.381. The minimum atomic E-state index is -0.263. The Hall–Kier alpha value is -1.41. The van der Waals surface area contributed by atoms with E-state index in [0.29, 0.717) is 19.8 Å². The molecule has 2 aromatic rings. The number of thioether (sulfide) groups is 1. The second-order valence-electron chi connectivity index (χ2n) is 6.68. The van der Waals surface area contributed by atoms with Gasteiger partial charge in [-0.3, -0.25) is 9.69 Å². The van der Waals surface area contributed by atoms with Gasteiger partial charge in [0.15, 0.2) is 0 Å². The average Bonchev–Trinajstić information content (AvgIpc) is 2.70. The lowest BCUT2D eigenvalue weighted by Gasteiger charge is -2.35. The summed E-state index contributed by atoms with van der Waals surface area (Å²) in [5.74, 6) is -0.288. The Morgan fingerprint density at radius 2 is 1.96 bits per heavy atom. The fourth-order valence-corrected chi connectivity index (χ4v) is 4.33. The molecule has 1 aliphatic rings. The molecule has 0 bridgehead atoms. The van der Waals surface area contributed by atoms with Gasteiger partial charge in [-0.2, -0.15) is 0 Å². The molecule has 150 valence electrons. The van der Waals surface area contributed by atoms with E-state index in [9.17, 15) is 9.18 Å². The highest BCUT2D eigenvalue weighted by Gasteiger charge is 2.24. The lowest BCUT2D eigenvalue weighted by atomic mass is 10.0. The number of nitrogens with zero attached hydrogens (tertiary/aromatic N) is 1. The molecular weight excluding hydrogens is 443 g/mol. The summed E-state index contributed by atoms with van der Waals surface area (Å²) < 4.78 is 20.2. The van der Waals surface area contributed by atoms with Crippen LogP contribution < -0.4 is 5.32 Å². The largest absolute Gasteiger partial charge is 0.379 e. The van der Waals surface area contributed by atoms with Gasteiger partial charge in [-0.15, -0.1) is 11.8 Å². The maximum atomic E-state index is 13.8. The molecule has 1 fully saturated rings. The molecule has 28 heavy (non-hydrogen) atoms. The Labute approximate surface area is 178 Å². The van der Waals surface area contributed by atoms with Crippen LogP contribution in [0.4, 0.5) is 4.39 Å². The quantitative estimate of drug-likeness (QED) is 0.618. The Bertz CT molecular complexity index is 784. The van der Waals surface area contributed by atoms with Crippen LogP contribution in [0.3, 0.4) is 0 Å². The summed E-state index contributed by atoms with van der Waals surface area (Å²) in [6, 6.07) is 14.4. The van der Waals surface area contributed by atoms with Gasteiger partial charge < -0.3 is 10.1 Å². The fourth-order valence-electron chi connectivity index (χ4n) is 3.17. The topological polar surface area (TPSA) is 41.6 Å². The van der Waals surface area contributed by atoms with Crippen LogP contribution in [-0.2, 0) is 9.53 Å². The second-order valence-corrected chi connectivity index (χ2v) is 9.01. The van der Waals surface area contributed by atoms with Gasteiger partial charge in [0.1, 0.15) is 5.82 Å². The van der Waals surface area contributed by atoms with Crippen molar-refractivity contribution in [3.8, 4) is 0 Å². The number of ether oxygens (including phenoxy) is 1. The molecule has 0 aromatic heterocycles. The summed E-state index contributed by atoms with van der Waals surface area (Å²) in [6.07, 6.45) is 0. The van der Waals surface area contributed by atoms with Crippen molar-refractivity contribution in [2.75, 3.05) is 32.8 Å². The number of hydrogen-bond donors (Lipinski definition) is 1. The molecule has 1 aliphatic heterocycles. The van der Waals surface area contributed by atoms with Gasteiger partial charge in [0.2, 0.25) is 5.91 Å². The molecule has 0 spiro atoms. The predicted octanol–water partition coefficient (Wildman–Crippen LogP) is 4.26. The number of morpholine rings is 1. The Morgan fingerprint density at radius 3 is 2.64 bits per heavy atom. The monoisotopic (exact) mass is 466 g/mol. The van der Waals surface area contributed by atoms with Gasteiger partial charge in [0.05, 0.1) is 24.5 Å². The van der Waals surface area contributed by atoms with E-state index < -0.39 is 0 Å². The van der Waals surface area contributed by atoms with Crippen LogP contribution in [0.5, 0.6) is 0 Å². The van der Waals surface area contributed by atoms with Gasteiger partial charge in [0, 0.05) is 29.0 Å². The number of nitrogens with one attached hydrogen (secondary N) is 1. The third kappa shape index (κ3) is 6.04. The highest BCUT2D eigenvalue weighted by molar-refractivity contribution is 9.10. The standard InChI is InChI=1S/C21H24BrFN2O2S/c1-15(28-19-7-5-17(22)6-8-19)21(26)24-14-20(25-9-11-27-12-10-25)16-3-2-4-18(23)13-16/h2-8,13,15,20H,9-12,14H2,1H3,(H,24,26). The van der Waals surface area contributed by atoms with Crippen LogP contribution in [-0.4, -0.2) is 48.9 Å². The molecule has 1 amide bonds. The Balaban J connectivity index is 1.63. The van der Waals surface area contributed by atoms with Crippen LogP contribution in [0.15, 0.2) is 57.9 Å². The van der Waals surface area contributed by atoms with Crippen molar-refractivity contribution in [1.29, 1.82) is 0 Å². The summed E-state index contributed by atoms with van der Waals surface area (Å²) in [4.78, 5) is 15.9. The average molecular weight is 467 g/mol. The number of benzene rings is 2. The first-order valence-corrected chi connectivity index (χ1v) is 11.0. The van der Waals surface area contributed by atoms with Gasteiger partial charge in [0.25, 0.3) is 0 Å². The van der Waals surface area contributed by atoms with Crippen molar-refractivity contribution in [3.05, 3.63) is 64.4 Å². The summed E-state index contributed by atoms with van der Waals surface area (Å²) in [7, 11) is 0. The maximum absolute atomic E-state index is 13.8. The summed E-state index contributed by atoms with van der Waals surface area (Å²) in [6.45, 7) is 5.16. The SMILES string of the molecule is CC(Sc1ccc(Br)cc1)C(=O)NCC(c1cccc(F)c1)N1CCOCC1. The van der Waals surface area contributed by atoms with Crippen LogP contribution in [0, 0.1) is 5.82 Å². The number of amides is 1. The smallest absolute Gasteiger partial charge is 0.233 e. The predicted molar refractivity (Wildman–Crippen MR) is 114 cm³/mol. The van der Waals surface area contributed by atoms with Crippen molar-refractivity contribution < 1.29 is 13.9 Å². The van der Waals surface area contributed by atoms with E-state index in [1.165, 1.54) is 17.8 Å². The molecule has 1 heterocycles. The lowest BCUT2D eigenvalue weighted by molar-refractivity contribution is -0.120. The third-order valence-electron chi connectivity index (χ3n) is 4.69. The number of carbonyl (C=O) groups excluding carboxylic acids is 1. The molecule has 1 saturated heterocycles. The van der Waals surface area contributed by atoms with E-state index >= 15 is 0 Å². The summed E-state index contributed by atoms with van der Waals surface area (Å²) in [5.41, 5.74) is 0.871. The molecule has 0 radical (unpaired) electrons. The van der Waals surface area contributed by atoms with Crippen LogP contribution in [0.25, 0.3) is 0 Å². The molecule has 3 rings (SSSR count). The van der Waals surface area contributed by atoms with Crippen LogP contribution >= 0.6 is 27.7 Å². The molecule has 1 N–H and O–H groups in total. The molecule has 2 unspecified atom stereocenters. The Morgan fingerprint density at radius 1 is 1.25 bits per heavy atom. The van der Waals surface area contributed by atoms with Crippen molar-refractivity contribution in [2.45, 2.75) is 23.1 Å². The molecule has 0 saturated carbocycles. The minimum absolute atomic E-state index is 0.0254. The van der Waals surface area contributed by atoms with Gasteiger partial charge in [-0.1, -0.05) is 28.1 Å². The first-order chi connectivity index (χ1) is 13.5. The lowest BCUT2D eigenvalue weighted by Crippen LogP contribution is -2.44. The van der Waals surface area contributed by atoms with E-state index in [2.05, 4.69) is 26.1 Å². The highest BCUT2D eigenvalue weighted by Crippen LogP contribution is 2.26.